The number of ether oxygens (including phenoxy) is 1. The summed E-state index contributed by atoms with van der Waals surface area (Å²) in [4.78, 5) is 25.4. The van der Waals surface area contributed by atoms with Crippen LogP contribution in [0.15, 0.2) is 36.4 Å². The van der Waals surface area contributed by atoms with Crippen LogP contribution in [0.5, 0.6) is 5.75 Å². The van der Waals surface area contributed by atoms with E-state index < -0.39 is 4.92 Å². The monoisotopic (exact) mass is 399 g/mol. The second-order valence-corrected chi connectivity index (χ2v) is 6.94. The van der Waals surface area contributed by atoms with Gasteiger partial charge in [-0.2, -0.15) is 5.26 Å². The van der Waals surface area contributed by atoms with Crippen molar-refractivity contribution in [3.05, 3.63) is 62.7 Å². The Balaban J connectivity index is 2.03. The first-order valence-electron chi connectivity index (χ1n) is 8.77. The highest BCUT2D eigenvalue weighted by Gasteiger charge is 2.28. The molecule has 1 atom stereocenters. The van der Waals surface area contributed by atoms with E-state index in [1.54, 1.807) is 23.1 Å². The van der Waals surface area contributed by atoms with Crippen molar-refractivity contribution in [3.63, 3.8) is 0 Å². The normalized spacial score (nSPS) is 15.9. The van der Waals surface area contributed by atoms with Crippen molar-refractivity contribution in [2.24, 2.45) is 0 Å². The van der Waals surface area contributed by atoms with E-state index in [1.807, 2.05) is 0 Å². The summed E-state index contributed by atoms with van der Waals surface area (Å²) in [6.07, 6.45) is 1.85. The van der Waals surface area contributed by atoms with Crippen LogP contribution in [0.1, 0.15) is 41.1 Å². The van der Waals surface area contributed by atoms with Crippen molar-refractivity contribution in [1.29, 1.82) is 5.26 Å². The summed E-state index contributed by atoms with van der Waals surface area (Å²) in [6, 6.07) is 11.6. The summed E-state index contributed by atoms with van der Waals surface area (Å²) in [5, 5.41) is 20.8. The standard InChI is InChI=1S/C20H18ClN3O4/c1-28-19-11-14(4-6-18(19)24(26)27)20(25)23-10-2-3-13(8-9-22)16-12-15(21)5-7-17(16)23/h4-7,11-13H,2-3,8,10H2,1H3. The van der Waals surface area contributed by atoms with E-state index in [9.17, 15) is 14.9 Å². The number of fused-ring (bicyclic) bond motifs is 1. The van der Waals surface area contributed by atoms with Gasteiger partial charge in [-0.3, -0.25) is 14.9 Å². The predicted octanol–water partition coefficient (Wildman–Crippen LogP) is 4.69. The average Bonchev–Trinajstić information content (AvgIpc) is 2.86. The maximum Gasteiger partial charge on any atom is 0.310 e. The smallest absolute Gasteiger partial charge is 0.310 e. The Labute approximate surface area is 167 Å². The number of nitrogens with zero attached hydrogens (tertiary/aromatic N) is 3. The Bertz CT molecular complexity index is 970. The van der Waals surface area contributed by atoms with Crippen LogP contribution in [0.2, 0.25) is 5.02 Å². The number of hydrogen-bond donors (Lipinski definition) is 0. The van der Waals surface area contributed by atoms with Gasteiger partial charge in [0.25, 0.3) is 5.91 Å². The van der Waals surface area contributed by atoms with Gasteiger partial charge in [0, 0.05) is 41.4 Å². The fourth-order valence-electron chi connectivity index (χ4n) is 3.52. The summed E-state index contributed by atoms with van der Waals surface area (Å²) < 4.78 is 5.08. The SMILES string of the molecule is COc1cc(C(=O)N2CCCC(CC#N)c3cc(Cl)ccc32)ccc1[N+](=O)[O-]. The lowest BCUT2D eigenvalue weighted by molar-refractivity contribution is -0.385. The Morgan fingerprint density at radius 3 is 2.86 bits per heavy atom. The van der Waals surface area contributed by atoms with Gasteiger partial charge in [0.05, 0.1) is 18.1 Å². The van der Waals surface area contributed by atoms with Crippen molar-refractivity contribution >= 4 is 28.9 Å². The molecule has 1 unspecified atom stereocenters. The number of anilines is 1. The van der Waals surface area contributed by atoms with Gasteiger partial charge >= 0.3 is 5.69 Å². The number of hydrogen-bond acceptors (Lipinski definition) is 5. The van der Waals surface area contributed by atoms with Gasteiger partial charge in [0.1, 0.15) is 0 Å². The summed E-state index contributed by atoms with van der Waals surface area (Å²) in [7, 11) is 1.33. The summed E-state index contributed by atoms with van der Waals surface area (Å²) in [5.41, 5.74) is 1.68. The lowest BCUT2D eigenvalue weighted by Gasteiger charge is -2.24. The van der Waals surface area contributed by atoms with E-state index in [-0.39, 0.29) is 23.3 Å². The number of nitriles is 1. The maximum atomic E-state index is 13.2. The molecule has 0 fully saturated rings. The molecule has 8 heteroatoms. The first-order chi connectivity index (χ1) is 13.5. The zero-order chi connectivity index (χ0) is 20.3. The molecule has 0 saturated heterocycles. The Morgan fingerprint density at radius 1 is 1.39 bits per heavy atom. The second-order valence-electron chi connectivity index (χ2n) is 6.51. The lowest BCUT2D eigenvalue weighted by atomic mass is 9.91. The van der Waals surface area contributed by atoms with Crippen molar-refractivity contribution < 1.29 is 14.5 Å². The molecule has 3 rings (SSSR count). The molecule has 1 aliphatic heterocycles. The van der Waals surface area contributed by atoms with Crippen LogP contribution < -0.4 is 9.64 Å². The van der Waals surface area contributed by atoms with E-state index in [2.05, 4.69) is 6.07 Å². The number of carbonyl (C=O) groups excluding carboxylic acids is 1. The van der Waals surface area contributed by atoms with Crippen molar-refractivity contribution in [3.8, 4) is 11.8 Å². The van der Waals surface area contributed by atoms with Gasteiger partial charge in [-0.25, -0.2) is 0 Å². The summed E-state index contributed by atoms with van der Waals surface area (Å²) in [5.74, 6) is -0.248. The van der Waals surface area contributed by atoms with Gasteiger partial charge in [-0.05, 0) is 48.6 Å². The molecular formula is C20H18ClN3O4. The maximum absolute atomic E-state index is 13.2. The summed E-state index contributed by atoms with van der Waals surface area (Å²) >= 11 is 6.16. The molecule has 0 saturated carbocycles. The molecule has 28 heavy (non-hydrogen) atoms. The topological polar surface area (TPSA) is 96.5 Å². The molecule has 2 aromatic carbocycles. The highest BCUT2D eigenvalue weighted by Crippen LogP contribution is 2.39. The number of nitro groups is 1. The van der Waals surface area contributed by atoms with E-state index in [0.29, 0.717) is 29.2 Å². The quantitative estimate of drug-likeness (QED) is 0.548. The third-order valence-corrected chi connectivity index (χ3v) is 5.10. The molecule has 1 aliphatic rings. The van der Waals surface area contributed by atoms with Gasteiger partial charge in [0.15, 0.2) is 5.75 Å². The van der Waals surface area contributed by atoms with E-state index >= 15 is 0 Å². The average molecular weight is 400 g/mol. The first kappa shape index (κ1) is 19.6. The van der Waals surface area contributed by atoms with Crippen molar-refractivity contribution in [1.82, 2.24) is 0 Å². The Kier molecular flexibility index (Phi) is 5.81. The lowest BCUT2D eigenvalue weighted by Crippen LogP contribution is -2.31. The molecular weight excluding hydrogens is 382 g/mol. The van der Waals surface area contributed by atoms with Crippen LogP contribution in [-0.2, 0) is 0 Å². The minimum Gasteiger partial charge on any atom is -0.490 e. The van der Waals surface area contributed by atoms with Gasteiger partial charge in [0.2, 0.25) is 0 Å². The van der Waals surface area contributed by atoms with Gasteiger partial charge < -0.3 is 9.64 Å². The number of benzene rings is 2. The van der Waals surface area contributed by atoms with Gasteiger partial charge in [-0.1, -0.05) is 11.6 Å². The van der Waals surface area contributed by atoms with Gasteiger partial charge in [-0.15, -0.1) is 0 Å². The molecule has 1 heterocycles. The molecule has 1 amide bonds. The number of rotatable bonds is 4. The fourth-order valence-corrected chi connectivity index (χ4v) is 3.70. The van der Waals surface area contributed by atoms with Crippen LogP contribution in [0, 0.1) is 21.4 Å². The van der Waals surface area contributed by atoms with Crippen molar-refractivity contribution in [2.45, 2.75) is 25.2 Å². The first-order valence-corrected chi connectivity index (χ1v) is 9.14. The predicted molar refractivity (Wildman–Crippen MR) is 105 cm³/mol. The second kappa shape index (κ2) is 8.28. The van der Waals surface area contributed by atoms with Crippen LogP contribution in [0.25, 0.3) is 0 Å². The fraction of sp³-hybridized carbons (Fsp3) is 0.300. The highest BCUT2D eigenvalue weighted by molar-refractivity contribution is 6.30. The third kappa shape index (κ3) is 3.78. The number of methoxy groups -OCH3 is 1. The van der Waals surface area contributed by atoms with E-state index in [4.69, 9.17) is 21.6 Å². The number of halogens is 1. The number of amides is 1. The molecule has 0 radical (unpaired) electrons. The molecule has 0 spiro atoms. The van der Waals surface area contributed by atoms with E-state index in [1.165, 1.54) is 25.3 Å². The molecule has 7 nitrogen and oxygen atoms in total. The minimum absolute atomic E-state index is 0.00268. The van der Waals surface area contributed by atoms with Crippen LogP contribution in [0.4, 0.5) is 11.4 Å². The molecule has 0 bridgehead atoms. The number of carbonyl (C=O) groups is 1. The molecule has 144 valence electrons. The molecule has 0 aromatic heterocycles. The molecule has 2 aromatic rings. The zero-order valence-electron chi connectivity index (χ0n) is 15.2. The highest BCUT2D eigenvalue weighted by atomic mass is 35.5. The largest absolute Gasteiger partial charge is 0.490 e. The van der Waals surface area contributed by atoms with Crippen LogP contribution in [0.3, 0.4) is 0 Å². The zero-order valence-corrected chi connectivity index (χ0v) is 16.0. The van der Waals surface area contributed by atoms with Crippen molar-refractivity contribution in [2.75, 3.05) is 18.6 Å². The van der Waals surface area contributed by atoms with Crippen LogP contribution >= 0.6 is 11.6 Å². The molecule has 0 N–H and O–H groups in total. The third-order valence-electron chi connectivity index (χ3n) is 4.86. The van der Waals surface area contributed by atoms with Crippen LogP contribution in [-0.4, -0.2) is 24.5 Å². The Hall–Kier alpha value is -3.11. The van der Waals surface area contributed by atoms with E-state index in [0.717, 1.165) is 18.4 Å². The molecule has 0 aliphatic carbocycles. The minimum atomic E-state index is -0.553. The summed E-state index contributed by atoms with van der Waals surface area (Å²) in [6.45, 7) is 0.481. The Morgan fingerprint density at radius 2 is 2.18 bits per heavy atom. The number of nitro benzene ring substituents is 1.